The number of carbonyl (C=O) groups excluding carboxylic acids is 1. The van der Waals surface area contributed by atoms with Gasteiger partial charge < -0.3 is 20.2 Å². The number of hydrogen-bond acceptors (Lipinski definition) is 3. The molecular formula is C13H27N3O3. The number of carboxylic acids is 1. The quantitative estimate of drug-likeness (QED) is 0.652. The van der Waals surface area contributed by atoms with Crippen molar-refractivity contribution in [1.82, 2.24) is 15.1 Å². The van der Waals surface area contributed by atoms with Crippen LogP contribution in [0.4, 0.5) is 4.79 Å². The van der Waals surface area contributed by atoms with Crippen LogP contribution in [0.2, 0.25) is 0 Å². The van der Waals surface area contributed by atoms with Crippen molar-refractivity contribution in [1.29, 1.82) is 0 Å². The van der Waals surface area contributed by atoms with Crippen LogP contribution in [0.15, 0.2) is 0 Å². The summed E-state index contributed by atoms with van der Waals surface area (Å²) in [5.41, 5.74) is 0. The topological polar surface area (TPSA) is 72.9 Å². The molecule has 2 amide bonds. The first-order valence-corrected chi connectivity index (χ1v) is 6.72. The molecule has 0 aromatic carbocycles. The minimum absolute atomic E-state index is 0.130. The Kier molecular flexibility index (Phi) is 8.14. The smallest absolute Gasteiger partial charge is 0.323 e. The van der Waals surface area contributed by atoms with E-state index in [1.807, 2.05) is 7.05 Å². The second-order valence-electron chi connectivity index (χ2n) is 5.28. The lowest BCUT2D eigenvalue weighted by Gasteiger charge is -2.25. The summed E-state index contributed by atoms with van der Waals surface area (Å²) in [5.74, 6) is -0.997. The van der Waals surface area contributed by atoms with Crippen molar-refractivity contribution in [2.45, 2.75) is 46.2 Å². The van der Waals surface area contributed by atoms with Crippen LogP contribution in [0.25, 0.3) is 0 Å². The fraction of sp³-hybridized carbons (Fsp3) is 0.846. The van der Waals surface area contributed by atoms with Crippen LogP contribution in [0.3, 0.4) is 0 Å². The number of hydrogen-bond donors (Lipinski definition) is 2. The number of nitrogens with one attached hydrogen (secondary N) is 1. The number of carbonyl (C=O) groups is 2. The average Bonchev–Trinajstić information content (AvgIpc) is 2.30. The number of aliphatic carboxylic acids is 1. The Labute approximate surface area is 115 Å². The van der Waals surface area contributed by atoms with Gasteiger partial charge >= 0.3 is 12.0 Å². The van der Waals surface area contributed by atoms with Gasteiger partial charge in [0.2, 0.25) is 0 Å². The van der Waals surface area contributed by atoms with Crippen LogP contribution >= 0.6 is 0 Å². The van der Waals surface area contributed by atoms with E-state index in [4.69, 9.17) is 5.11 Å². The predicted octanol–water partition coefficient (Wildman–Crippen LogP) is 1.22. The maximum atomic E-state index is 11.8. The molecule has 0 aliphatic heterocycles. The van der Waals surface area contributed by atoms with Gasteiger partial charge in [-0.1, -0.05) is 0 Å². The summed E-state index contributed by atoms with van der Waals surface area (Å²) in [6, 6.07) is 0.0360. The molecule has 0 rings (SSSR count). The summed E-state index contributed by atoms with van der Waals surface area (Å²) in [4.78, 5) is 26.0. The van der Waals surface area contributed by atoms with Gasteiger partial charge in [-0.2, -0.15) is 0 Å². The summed E-state index contributed by atoms with van der Waals surface area (Å²) in [7, 11) is 2.04. The Hall–Kier alpha value is -1.30. The minimum Gasteiger partial charge on any atom is -0.480 e. The molecule has 0 radical (unpaired) electrons. The van der Waals surface area contributed by atoms with Crippen molar-refractivity contribution < 1.29 is 14.7 Å². The maximum absolute atomic E-state index is 11.8. The molecule has 0 saturated carbocycles. The summed E-state index contributed by atoms with van der Waals surface area (Å²) >= 11 is 0. The Bertz CT molecular complexity index is 293. The van der Waals surface area contributed by atoms with Gasteiger partial charge in [-0.25, -0.2) is 4.79 Å². The molecule has 0 aromatic rings. The van der Waals surface area contributed by atoms with Crippen LogP contribution < -0.4 is 5.32 Å². The monoisotopic (exact) mass is 273 g/mol. The van der Waals surface area contributed by atoms with E-state index < -0.39 is 5.97 Å². The van der Waals surface area contributed by atoms with Gasteiger partial charge in [0.25, 0.3) is 0 Å². The zero-order valence-electron chi connectivity index (χ0n) is 12.6. The third-order valence-corrected chi connectivity index (χ3v) is 3.04. The van der Waals surface area contributed by atoms with Crippen LogP contribution in [0, 0.1) is 0 Å². The van der Waals surface area contributed by atoms with Crippen molar-refractivity contribution in [3.05, 3.63) is 0 Å². The van der Waals surface area contributed by atoms with E-state index in [-0.39, 0.29) is 18.6 Å². The molecule has 0 spiro atoms. The van der Waals surface area contributed by atoms with Crippen LogP contribution in [0.1, 0.15) is 34.1 Å². The molecule has 0 unspecified atom stereocenters. The van der Waals surface area contributed by atoms with Crippen molar-refractivity contribution in [2.75, 3.05) is 26.7 Å². The molecule has 0 aliphatic rings. The molecule has 0 bridgehead atoms. The Morgan fingerprint density at radius 1 is 1.16 bits per heavy atom. The first kappa shape index (κ1) is 17.7. The second-order valence-corrected chi connectivity index (χ2v) is 5.28. The Morgan fingerprint density at radius 3 is 2.16 bits per heavy atom. The van der Waals surface area contributed by atoms with E-state index in [1.165, 1.54) is 4.90 Å². The highest BCUT2D eigenvalue weighted by Gasteiger charge is 2.19. The van der Waals surface area contributed by atoms with E-state index in [2.05, 4.69) is 24.1 Å². The van der Waals surface area contributed by atoms with Gasteiger partial charge in [-0.3, -0.25) is 4.79 Å². The lowest BCUT2D eigenvalue weighted by Crippen LogP contribution is -2.47. The highest BCUT2D eigenvalue weighted by atomic mass is 16.4. The molecule has 2 N–H and O–H groups in total. The number of carboxylic acid groups (broad SMARTS) is 1. The number of amides is 2. The van der Waals surface area contributed by atoms with Crippen LogP contribution in [-0.4, -0.2) is 65.7 Å². The zero-order valence-corrected chi connectivity index (χ0v) is 12.6. The van der Waals surface area contributed by atoms with E-state index >= 15 is 0 Å². The molecule has 19 heavy (non-hydrogen) atoms. The molecule has 6 heteroatoms. The van der Waals surface area contributed by atoms with Crippen LogP contribution in [0.5, 0.6) is 0 Å². The van der Waals surface area contributed by atoms with Crippen molar-refractivity contribution in [3.63, 3.8) is 0 Å². The van der Waals surface area contributed by atoms with Gasteiger partial charge in [0.15, 0.2) is 0 Å². The fourth-order valence-electron chi connectivity index (χ4n) is 1.52. The lowest BCUT2D eigenvalue weighted by molar-refractivity contribution is -0.138. The minimum atomic E-state index is -0.997. The van der Waals surface area contributed by atoms with Gasteiger partial charge in [0.1, 0.15) is 6.54 Å². The highest BCUT2D eigenvalue weighted by Crippen LogP contribution is 1.99. The average molecular weight is 273 g/mol. The van der Waals surface area contributed by atoms with Crippen molar-refractivity contribution in [2.24, 2.45) is 0 Å². The summed E-state index contributed by atoms with van der Waals surface area (Å²) < 4.78 is 0. The van der Waals surface area contributed by atoms with Crippen molar-refractivity contribution in [3.8, 4) is 0 Å². The van der Waals surface area contributed by atoms with Gasteiger partial charge in [0.05, 0.1) is 0 Å². The Balaban J connectivity index is 4.03. The maximum Gasteiger partial charge on any atom is 0.323 e. The van der Waals surface area contributed by atoms with Crippen molar-refractivity contribution >= 4 is 12.0 Å². The third kappa shape index (κ3) is 7.66. The van der Waals surface area contributed by atoms with Gasteiger partial charge in [-0.15, -0.1) is 0 Å². The molecule has 0 saturated heterocycles. The number of nitrogens with zero attached hydrogens (tertiary/aromatic N) is 2. The zero-order chi connectivity index (χ0) is 15.0. The standard InChI is InChI=1S/C13H27N3O3/c1-10(2)15(5)8-6-7-14-13(19)16(11(3)4)9-12(17)18/h10-11H,6-9H2,1-5H3,(H,14,19)(H,17,18). The molecular weight excluding hydrogens is 246 g/mol. The normalized spacial score (nSPS) is 11.2. The fourth-order valence-corrected chi connectivity index (χ4v) is 1.52. The first-order valence-electron chi connectivity index (χ1n) is 6.72. The van der Waals surface area contributed by atoms with E-state index in [0.29, 0.717) is 12.6 Å². The molecule has 0 fully saturated rings. The van der Waals surface area contributed by atoms with Gasteiger partial charge in [-0.05, 0) is 47.7 Å². The molecule has 112 valence electrons. The SMILES string of the molecule is CC(C)N(C)CCCNC(=O)N(CC(=O)O)C(C)C. The molecule has 0 aliphatic carbocycles. The number of rotatable bonds is 8. The molecule has 0 atom stereocenters. The highest BCUT2D eigenvalue weighted by molar-refractivity contribution is 5.80. The lowest BCUT2D eigenvalue weighted by atomic mass is 10.3. The van der Waals surface area contributed by atoms with Crippen LogP contribution in [-0.2, 0) is 4.79 Å². The Morgan fingerprint density at radius 2 is 1.74 bits per heavy atom. The molecule has 6 nitrogen and oxygen atoms in total. The summed E-state index contributed by atoms with van der Waals surface area (Å²) in [6.45, 7) is 9.02. The number of urea groups is 1. The van der Waals surface area contributed by atoms with E-state index in [1.54, 1.807) is 13.8 Å². The second kappa shape index (κ2) is 8.74. The largest absolute Gasteiger partial charge is 0.480 e. The summed E-state index contributed by atoms with van der Waals surface area (Å²) in [6.07, 6.45) is 0.847. The molecule has 0 aromatic heterocycles. The van der Waals surface area contributed by atoms with E-state index in [0.717, 1.165) is 13.0 Å². The molecule has 0 heterocycles. The summed E-state index contributed by atoms with van der Waals surface area (Å²) in [5, 5.41) is 11.5. The predicted molar refractivity (Wildman–Crippen MR) is 75.3 cm³/mol. The van der Waals surface area contributed by atoms with Gasteiger partial charge in [0, 0.05) is 18.6 Å². The van der Waals surface area contributed by atoms with E-state index in [9.17, 15) is 9.59 Å². The third-order valence-electron chi connectivity index (χ3n) is 3.04. The first-order chi connectivity index (χ1) is 8.75.